The summed E-state index contributed by atoms with van der Waals surface area (Å²) in [5, 5.41) is 10.1. The van der Waals surface area contributed by atoms with E-state index in [2.05, 4.69) is 32.6 Å². The molecule has 1 atom stereocenters. The summed E-state index contributed by atoms with van der Waals surface area (Å²) in [6.45, 7) is 10.5. The Hall–Kier alpha value is -2.59. The molecule has 4 heteroatoms. The smallest absolute Gasteiger partial charge is 0.368 e. The SMILES string of the molecule is C=C(C)C(=O)OC(C)(O)Oc1ccc(C(C)(C)c2ccccc2)cc1. The lowest BCUT2D eigenvalue weighted by molar-refractivity contribution is -0.288. The lowest BCUT2D eigenvalue weighted by Gasteiger charge is -2.27. The van der Waals surface area contributed by atoms with Crippen LogP contribution in [0, 0.1) is 0 Å². The van der Waals surface area contributed by atoms with Gasteiger partial charge in [-0.05, 0) is 30.2 Å². The van der Waals surface area contributed by atoms with Gasteiger partial charge in [0, 0.05) is 17.9 Å². The van der Waals surface area contributed by atoms with Crippen LogP contribution in [0.25, 0.3) is 0 Å². The highest BCUT2D eigenvalue weighted by Gasteiger charge is 2.29. The molecule has 0 heterocycles. The van der Waals surface area contributed by atoms with E-state index in [1.165, 1.54) is 19.4 Å². The minimum absolute atomic E-state index is 0.172. The quantitative estimate of drug-likeness (QED) is 0.487. The molecule has 2 aromatic rings. The lowest BCUT2D eigenvalue weighted by Crippen LogP contribution is -2.37. The maximum Gasteiger partial charge on any atom is 0.368 e. The van der Waals surface area contributed by atoms with E-state index in [-0.39, 0.29) is 11.0 Å². The topological polar surface area (TPSA) is 55.8 Å². The average Bonchev–Trinajstić information content (AvgIpc) is 2.55. The van der Waals surface area contributed by atoms with Gasteiger partial charge in [0.1, 0.15) is 5.75 Å². The molecule has 2 rings (SSSR count). The van der Waals surface area contributed by atoms with Crippen molar-refractivity contribution in [3.05, 3.63) is 77.9 Å². The van der Waals surface area contributed by atoms with Crippen LogP contribution < -0.4 is 4.74 Å². The van der Waals surface area contributed by atoms with Crippen LogP contribution in [0.3, 0.4) is 0 Å². The van der Waals surface area contributed by atoms with Crippen LogP contribution >= 0.6 is 0 Å². The van der Waals surface area contributed by atoms with E-state index >= 15 is 0 Å². The van der Waals surface area contributed by atoms with E-state index in [1.54, 1.807) is 12.1 Å². The van der Waals surface area contributed by atoms with Crippen molar-refractivity contribution in [2.75, 3.05) is 0 Å². The van der Waals surface area contributed by atoms with Gasteiger partial charge >= 0.3 is 11.9 Å². The largest absolute Gasteiger partial charge is 0.430 e. The number of hydrogen-bond acceptors (Lipinski definition) is 4. The number of esters is 1. The molecular weight excluding hydrogens is 316 g/mol. The zero-order chi connectivity index (χ0) is 18.7. The maximum absolute atomic E-state index is 11.5. The highest BCUT2D eigenvalue weighted by atomic mass is 16.8. The number of rotatable bonds is 6. The molecule has 0 aliphatic carbocycles. The Morgan fingerprint density at radius 1 is 0.960 bits per heavy atom. The lowest BCUT2D eigenvalue weighted by atomic mass is 9.78. The number of hydrogen-bond donors (Lipinski definition) is 1. The van der Waals surface area contributed by atoms with Crippen LogP contribution in [-0.2, 0) is 14.9 Å². The first-order valence-corrected chi connectivity index (χ1v) is 8.08. The molecule has 0 radical (unpaired) electrons. The van der Waals surface area contributed by atoms with Crippen molar-refractivity contribution in [1.82, 2.24) is 0 Å². The molecule has 0 amide bonds. The van der Waals surface area contributed by atoms with E-state index in [4.69, 9.17) is 9.47 Å². The predicted molar refractivity (Wildman–Crippen MR) is 97.2 cm³/mol. The third-order valence-electron chi connectivity index (χ3n) is 4.01. The second-order valence-electron chi connectivity index (χ2n) is 6.69. The van der Waals surface area contributed by atoms with E-state index in [1.807, 2.05) is 30.3 Å². The van der Waals surface area contributed by atoms with Gasteiger partial charge in [0.2, 0.25) is 0 Å². The normalized spacial score (nSPS) is 13.6. The molecule has 0 aromatic heterocycles. The summed E-state index contributed by atoms with van der Waals surface area (Å²) in [5.41, 5.74) is 2.31. The zero-order valence-corrected chi connectivity index (χ0v) is 15.1. The van der Waals surface area contributed by atoms with Gasteiger partial charge in [-0.25, -0.2) is 4.79 Å². The molecule has 1 unspecified atom stereocenters. The summed E-state index contributed by atoms with van der Waals surface area (Å²) < 4.78 is 10.2. The highest BCUT2D eigenvalue weighted by Crippen LogP contribution is 2.32. The number of ether oxygens (including phenoxy) is 2. The number of carbonyl (C=O) groups excluding carboxylic acids is 1. The first-order valence-electron chi connectivity index (χ1n) is 8.08. The molecule has 2 aromatic carbocycles. The zero-order valence-electron chi connectivity index (χ0n) is 15.1. The van der Waals surface area contributed by atoms with E-state index in [9.17, 15) is 9.90 Å². The monoisotopic (exact) mass is 340 g/mol. The number of benzene rings is 2. The van der Waals surface area contributed by atoms with Gasteiger partial charge < -0.3 is 14.6 Å². The molecule has 0 spiro atoms. The van der Waals surface area contributed by atoms with Crippen LogP contribution in [-0.4, -0.2) is 17.0 Å². The molecule has 25 heavy (non-hydrogen) atoms. The van der Waals surface area contributed by atoms with Crippen LogP contribution in [0.5, 0.6) is 5.75 Å². The summed E-state index contributed by atoms with van der Waals surface area (Å²) in [6, 6.07) is 17.5. The summed E-state index contributed by atoms with van der Waals surface area (Å²) in [7, 11) is 0. The highest BCUT2D eigenvalue weighted by molar-refractivity contribution is 5.87. The van der Waals surface area contributed by atoms with Gasteiger partial charge in [0.05, 0.1) is 0 Å². The van der Waals surface area contributed by atoms with Crippen molar-refractivity contribution in [1.29, 1.82) is 0 Å². The van der Waals surface area contributed by atoms with Gasteiger partial charge in [0.25, 0.3) is 0 Å². The summed E-state index contributed by atoms with van der Waals surface area (Å²) >= 11 is 0. The number of aliphatic hydroxyl groups is 1. The Labute approximate surface area is 148 Å². The summed E-state index contributed by atoms with van der Waals surface area (Å²) in [4.78, 5) is 11.5. The minimum atomic E-state index is -2.06. The molecule has 0 saturated carbocycles. The van der Waals surface area contributed by atoms with E-state index in [0.717, 1.165) is 5.56 Å². The fraction of sp³-hybridized carbons (Fsp3) is 0.286. The molecule has 132 valence electrons. The van der Waals surface area contributed by atoms with Gasteiger partial charge in [-0.2, -0.15) is 0 Å². The van der Waals surface area contributed by atoms with Crippen LogP contribution in [0.4, 0.5) is 0 Å². The standard InChI is InChI=1S/C21H24O4/c1-15(2)19(22)25-21(5,23)24-18-13-11-17(12-14-18)20(3,4)16-9-7-6-8-10-16/h6-14,23H,1H2,2-5H3. The molecule has 0 fully saturated rings. The molecular formula is C21H24O4. The second-order valence-corrected chi connectivity index (χ2v) is 6.69. The molecule has 4 nitrogen and oxygen atoms in total. The summed E-state index contributed by atoms with van der Waals surface area (Å²) in [5.74, 6) is -2.38. The van der Waals surface area contributed by atoms with Crippen molar-refractivity contribution in [2.24, 2.45) is 0 Å². The van der Waals surface area contributed by atoms with E-state index < -0.39 is 11.9 Å². The number of carbonyl (C=O) groups is 1. The predicted octanol–water partition coefficient (Wildman–Crippen LogP) is 4.18. The maximum atomic E-state index is 11.5. The van der Waals surface area contributed by atoms with Crippen LogP contribution in [0.1, 0.15) is 38.8 Å². The molecule has 0 aliphatic heterocycles. The second kappa shape index (κ2) is 7.11. The van der Waals surface area contributed by atoms with Crippen molar-refractivity contribution in [3.63, 3.8) is 0 Å². The first kappa shape index (κ1) is 18.7. The average molecular weight is 340 g/mol. The Morgan fingerprint density at radius 2 is 1.48 bits per heavy atom. The van der Waals surface area contributed by atoms with Crippen molar-refractivity contribution in [2.45, 2.75) is 39.1 Å². The van der Waals surface area contributed by atoms with E-state index in [0.29, 0.717) is 5.75 Å². The minimum Gasteiger partial charge on any atom is -0.430 e. The van der Waals surface area contributed by atoms with Gasteiger partial charge in [-0.1, -0.05) is 62.9 Å². The Morgan fingerprint density at radius 3 is 2.00 bits per heavy atom. The third-order valence-corrected chi connectivity index (χ3v) is 4.01. The van der Waals surface area contributed by atoms with Gasteiger partial charge in [0.15, 0.2) is 0 Å². The van der Waals surface area contributed by atoms with Crippen LogP contribution in [0.2, 0.25) is 0 Å². The fourth-order valence-corrected chi connectivity index (χ4v) is 2.46. The molecule has 1 N–H and O–H groups in total. The molecule has 0 bridgehead atoms. The Kier molecular flexibility index (Phi) is 5.33. The molecule has 0 aliphatic rings. The third kappa shape index (κ3) is 4.70. The van der Waals surface area contributed by atoms with Gasteiger partial charge in [-0.15, -0.1) is 0 Å². The van der Waals surface area contributed by atoms with Crippen molar-refractivity contribution in [3.8, 4) is 5.75 Å². The first-order chi connectivity index (χ1) is 11.6. The Bertz CT molecular complexity index is 743. The van der Waals surface area contributed by atoms with Gasteiger partial charge in [-0.3, -0.25) is 0 Å². The van der Waals surface area contributed by atoms with Crippen LogP contribution in [0.15, 0.2) is 66.7 Å². The van der Waals surface area contributed by atoms with Crippen molar-refractivity contribution < 1.29 is 19.4 Å². The molecule has 0 saturated heterocycles. The van der Waals surface area contributed by atoms with Crippen molar-refractivity contribution >= 4 is 5.97 Å². The Balaban J connectivity index is 2.14. The summed E-state index contributed by atoms with van der Waals surface area (Å²) in [6.07, 6.45) is 0. The fourth-order valence-electron chi connectivity index (χ4n) is 2.46.